The van der Waals surface area contributed by atoms with Crippen LogP contribution in [0, 0.1) is 11.6 Å². The normalized spacial score (nSPS) is 13.1. The molecule has 0 saturated carbocycles. The van der Waals surface area contributed by atoms with Gasteiger partial charge in [-0.2, -0.15) is 0 Å². The molecule has 0 aliphatic carbocycles. The minimum absolute atomic E-state index is 0.155. The van der Waals surface area contributed by atoms with Gasteiger partial charge in [-0.25, -0.2) is 27.0 Å². The van der Waals surface area contributed by atoms with Crippen LogP contribution in [0.5, 0.6) is 0 Å². The molecule has 0 bridgehead atoms. The fourth-order valence-electron chi connectivity index (χ4n) is 5.00. The Morgan fingerprint density at radius 2 is 1.58 bits per heavy atom. The van der Waals surface area contributed by atoms with Crippen LogP contribution in [0.2, 0.25) is 0 Å². The van der Waals surface area contributed by atoms with E-state index in [0.717, 1.165) is 22.9 Å². The minimum Gasteiger partial charge on any atom is -0.458 e. The van der Waals surface area contributed by atoms with Crippen molar-refractivity contribution in [2.24, 2.45) is 0 Å². The van der Waals surface area contributed by atoms with E-state index in [1.807, 2.05) is 10.6 Å². The Bertz CT molecular complexity index is 1770. The largest absolute Gasteiger partial charge is 0.458 e. The smallest absolute Gasteiger partial charge is 0.329 e. The number of carbonyl (C=O) groups excluding carboxylic acids is 2. The molecular formula is C36H41F2N3O6S. The molecule has 2 atom stereocenters. The maximum absolute atomic E-state index is 13.7. The summed E-state index contributed by atoms with van der Waals surface area (Å²) >= 11 is 0. The number of halogens is 2. The van der Waals surface area contributed by atoms with Crippen molar-refractivity contribution in [3.8, 4) is 0 Å². The highest BCUT2D eigenvalue weighted by atomic mass is 32.2. The van der Waals surface area contributed by atoms with E-state index in [1.54, 1.807) is 75.9 Å². The van der Waals surface area contributed by atoms with E-state index in [2.05, 4.69) is 10.3 Å². The van der Waals surface area contributed by atoms with E-state index in [0.29, 0.717) is 30.5 Å². The molecule has 1 aromatic heterocycles. The maximum Gasteiger partial charge on any atom is 0.329 e. The number of carbonyl (C=O) groups is 2. The second kappa shape index (κ2) is 16.1. The summed E-state index contributed by atoms with van der Waals surface area (Å²) in [6, 6.07) is 16.2. The first-order valence-electron chi connectivity index (χ1n) is 15.6. The van der Waals surface area contributed by atoms with Crippen molar-refractivity contribution >= 4 is 21.7 Å². The molecule has 12 heteroatoms. The topological polar surface area (TPSA) is 117 Å². The van der Waals surface area contributed by atoms with Gasteiger partial charge in [0.15, 0.2) is 0 Å². The highest BCUT2D eigenvalue weighted by Gasteiger charge is 2.29. The molecule has 1 unspecified atom stereocenters. The Kier molecular flexibility index (Phi) is 12.2. The van der Waals surface area contributed by atoms with Gasteiger partial charge in [0.05, 0.1) is 25.2 Å². The average molecular weight is 682 g/mol. The number of amides is 1. The van der Waals surface area contributed by atoms with Crippen LogP contribution >= 0.6 is 0 Å². The third-order valence-corrected chi connectivity index (χ3v) is 8.39. The van der Waals surface area contributed by atoms with Crippen LogP contribution in [0.3, 0.4) is 0 Å². The number of nitrogens with zero attached hydrogens (tertiary/aromatic N) is 2. The maximum atomic E-state index is 13.7. The number of hydrogen-bond acceptors (Lipinski definition) is 7. The van der Waals surface area contributed by atoms with Crippen molar-refractivity contribution in [1.82, 2.24) is 14.9 Å². The zero-order valence-electron chi connectivity index (χ0n) is 27.5. The molecule has 0 radical (unpaired) electrons. The average Bonchev–Trinajstić information content (AvgIpc) is 3.53. The number of nitrogens with one attached hydrogen (secondary N) is 1. The predicted molar refractivity (Wildman–Crippen MR) is 178 cm³/mol. The summed E-state index contributed by atoms with van der Waals surface area (Å²) in [5, 5.41) is 2.70. The molecule has 0 fully saturated rings. The first-order chi connectivity index (χ1) is 22.6. The number of hydrogen-bond donors (Lipinski definition) is 1. The molecule has 0 aliphatic rings. The number of aromatic nitrogens is 2. The van der Waals surface area contributed by atoms with E-state index in [-0.39, 0.29) is 30.4 Å². The molecule has 48 heavy (non-hydrogen) atoms. The number of sulfone groups is 1. The molecule has 4 rings (SSSR count). The lowest BCUT2D eigenvalue weighted by Crippen LogP contribution is -2.45. The lowest BCUT2D eigenvalue weighted by Gasteiger charge is -2.25. The van der Waals surface area contributed by atoms with E-state index in [1.165, 1.54) is 24.3 Å². The van der Waals surface area contributed by atoms with Crippen LogP contribution in [0.1, 0.15) is 65.9 Å². The zero-order chi connectivity index (χ0) is 34.9. The Balaban J connectivity index is 1.59. The molecule has 256 valence electrons. The van der Waals surface area contributed by atoms with Crippen molar-refractivity contribution in [3.05, 3.63) is 125 Å². The third kappa shape index (κ3) is 11.7. The first kappa shape index (κ1) is 36.4. The highest BCUT2D eigenvalue weighted by molar-refractivity contribution is 7.90. The number of ether oxygens (including phenoxy) is 2. The molecule has 0 aliphatic heterocycles. The summed E-state index contributed by atoms with van der Waals surface area (Å²) in [7, 11) is -3.43. The van der Waals surface area contributed by atoms with Crippen molar-refractivity contribution in [3.63, 3.8) is 0 Å². The molecule has 1 heterocycles. The molecule has 1 N–H and O–H groups in total. The summed E-state index contributed by atoms with van der Waals surface area (Å²) in [6.45, 7) is 5.65. The second-order valence-electron chi connectivity index (χ2n) is 12.7. The van der Waals surface area contributed by atoms with Crippen LogP contribution in [-0.4, -0.2) is 53.5 Å². The van der Waals surface area contributed by atoms with Crippen molar-refractivity contribution in [2.45, 2.75) is 70.9 Å². The highest BCUT2D eigenvalue weighted by Crippen LogP contribution is 2.24. The fraction of sp³-hybridized carbons (Fsp3) is 0.361. The molecule has 1 amide bonds. The van der Waals surface area contributed by atoms with Gasteiger partial charge in [-0.3, -0.25) is 4.79 Å². The number of benzene rings is 3. The molecule has 0 spiro atoms. The quantitative estimate of drug-likeness (QED) is 0.158. The number of aryl methyl sites for hydroxylation is 2. The minimum atomic E-state index is -3.43. The molecule has 4 aromatic rings. The first-order valence-corrected chi connectivity index (χ1v) is 17.6. The van der Waals surface area contributed by atoms with Gasteiger partial charge in [0.1, 0.15) is 39.2 Å². The molecule has 9 nitrogen and oxygen atoms in total. The lowest BCUT2D eigenvalue weighted by atomic mass is 9.96. The lowest BCUT2D eigenvalue weighted by molar-refractivity contribution is -0.157. The summed E-state index contributed by atoms with van der Waals surface area (Å²) in [5.74, 6) is -2.33. The molecule has 3 aromatic carbocycles. The van der Waals surface area contributed by atoms with Crippen LogP contribution in [0.4, 0.5) is 8.78 Å². The monoisotopic (exact) mass is 681 g/mol. The van der Waals surface area contributed by atoms with Gasteiger partial charge in [-0.1, -0.05) is 36.4 Å². The van der Waals surface area contributed by atoms with Crippen molar-refractivity contribution in [1.29, 1.82) is 0 Å². The van der Waals surface area contributed by atoms with Gasteiger partial charge in [0.25, 0.3) is 5.91 Å². The third-order valence-electron chi connectivity index (χ3n) is 7.41. The summed E-state index contributed by atoms with van der Waals surface area (Å²) < 4.78 is 64.7. The molecule has 0 saturated heterocycles. The van der Waals surface area contributed by atoms with Gasteiger partial charge in [-0.05, 0) is 92.6 Å². The van der Waals surface area contributed by atoms with E-state index in [4.69, 9.17) is 9.47 Å². The fourth-order valence-corrected chi connectivity index (χ4v) is 5.66. The Morgan fingerprint density at radius 1 is 0.938 bits per heavy atom. The van der Waals surface area contributed by atoms with Gasteiger partial charge in [-0.15, -0.1) is 0 Å². The van der Waals surface area contributed by atoms with E-state index >= 15 is 0 Å². The summed E-state index contributed by atoms with van der Waals surface area (Å²) in [4.78, 5) is 30.8. The molecular weight excluding hydrogens is 640 g/mol. The van der Waals surface area contributed by atoms with Gasteiger partial charge >= 0.3 is 5.97 Å². The predicted octanol–water partition coefficient (Wildman–Crippen LogP) is 5.78. The standard InChI is InChI=1S/C36H41F2N3O6S/c1-36(2,3)47-35(43)32(17-20-48(4,44)45)40-34(42)31-16-8-26(21-28(31)9-5-25-6-12-29(37)13-7-25)23-46-33(22-41-19-18-39-24-41)27-10-14-30(38)15-11-27/h6-8,10-16,18-19,21,24,32-33H,5,9,17,20,22-23H2,1-4H3,(H,40,42)/t32-,33?/m0/s1. The van der Waals surface area contributed by atoms with Crippen molar-refractivity contribution < 1.29 is 36.3 Å². The summed E-state index contributed by atoms with van der Waals surface area (Å²) in [5.41, 5.74) is 2.50. The zero-order valence-corrected chi connectivity index (χ0v) is 28.3. The van der Waals surface area contributed by atoms with Gasteiger partial charge in [0.2, 0.25) is 0 Å². The van der Waals surface area contributed by atoms with Crippen molar-refractivity contribution in [2.75, 3.05) is 12.0 Å². The van der Waals surface area contributed by atoms with Crippen LogP contribution in [0.25, 0.3) is 0 Å². The van der Waals surface area contributed by atoms with Crippen LogP contribution in [0.15, 0.2) is 85.5 Å². The van der Waals surface area contributed by atoms with Gasteiger partial charge in [0, 0.05) is 24.2 Å². The van der Waals surface area contributed by atoms with Gasteiger partial charge < -0.3 is 19.4 Å². The Morgan fingerprint density at radius 3 is 2.19 bits per heavy atom. The second-order valence-corrected chi connectivity index (χ2v) is 15.0. The van der Waals surface area contributed by atoms with E-state index < -0.39 is 39.5 Å². The Hall–Kier alpha value is -4.42. The Labute approximate surface area is 280 Å². The SMILES string of the molecule is CC(C)(C)OC(=O)[C@H](CCS(C)(=O)=O)NC(=O)c1ccc(COC(Cn2ccnc2)c2ccc(F)cc2)cc1CCc1ccc(F)cc1. The van der Waals surface area contributed by atoms with E-state index in [9.17, 15) is 26.8 Å². The number of rotatable bonds is 15. The number of imidazole rings is 1. The van der Waals surface area contributed by atoms with Crippen LogP contribution < -0.4 is 5.32 Å². The number of esters is 1. The summed E-state index contributed by atoms with van der Waals surface area (Å²) in [6.07, 6.45) is 6.50. The van der Waals surface area contributed by atoms with Crippen LogP contribution in [-0.2, 0) is 50.1 Å².